The second-order valence-corrected chi connectivity index (χ2v) is 11.6. The zero-order valence-corrected chi connectivity index (χ0v) is 24.0. The van der Waals surface area contributed by atoms with Crippen molar-refractivity contribution in [1.29, 1.82) is 5.41 Å². The Hall–Kier alpha value is -4.79. The van der Waals surface area contributed by atoms with Gasteiger partial charge in [0.2, 0.25) is 11.8 Å². The van der Waals surface area contributed by atoms with Crippen LogP contribution in [0.15, 0.2) is 72.8 Å². The lowest BCUT2D eigenvalue weighted by Crippen LogP contribution is -2.18. The van der Waals surface area contributed by atoms with Gasteiger partial charge in [-0.05, 0) is 90.6 Å². The van der Waals surface area contributed by atoms with Crippen molar-refractivity contribution < 1.29 is 9.59 Å². The number of benzene rings is 2. The summed E-state index contributed by atoms with van der Waals surface area (Å²) in [5.74, 6) is 1.76. The van der Waals surface area contributed by atoms with Crippen LogP contribution >= 0.6 is 0 Å². The molecule has 2 saturated carbocycles. The molecule has 2 amide bonds. The summed E-state index contributed by atoms with van der Waals surface area (Å²) >= 11 is 0. The van der Waals surface area contributed by atoms with E-state index in [1.54, 1.807) is 6.07 Å². The van der Waals surface area contributed by atoms with E-state index in [1.807, 2.05) is 54.6 Å². The molecule has 4 aromatic rings. The minimum Gasteiger partial charge on any atom is -0.309 e. The molecule has 2 atom stereocenters. The topological polar surface area (TPSA) is 134 Å². The molecule has 0 unspecified atom stereocenters. The second-order valence-electron chi connectivity index (χ2n) is 11.6. The third kappa shape index (κ3) is 7.54. The summed E-state index contributed by atoms with van der Waals surface area (Å²) in [6, 6.07) is 23.2. The van der Waals surface area contributed by atoms with E-state index in [0.717, 1.165) is 53.8 Å². The Balaban J connectivity index is 1.01. The van der Waals surface area contributed by atoms with E-state index in [-0.39, 0.29) is 30.1 Å². The van der Waals surface area contributed by atoms with Crippen LogP contribution in [-0.4, -0.2) is 38.4 Å². The van der Waals surface area contributed by atoms with E-state index < -0.39 is 0 Å². The van der Waals surface area contributed by atoms with Crippen molar-refractivity contribution in [3.63, 3.8) is 0 Å². The number of carbonyl (C=O) groups excluding carboxylic acids is 2. The maximum atomic E-state index is 12.6. The van der Waals surface area contributed by atoms with Gasteiger partial charge in [0.15, 0.2) is 11.6 Å². The summed E-state index contributed by atoms with van der Waals surface area (Å²) < 4.78 is 0. The Kier molecular flexibility index (Phi) is 8.58. The molecule has 2 aliphatic carbocycles. The van der Waals surface area contributed by atoms with Gasteiger partial charge in [-0.2, -0.15) is 10.2 Å². The third-order valence-electron chi connectivity index (χ3n) is 8.26. The first-order valence-electron chi connectivity index (χ1n) is 15.0. The van der Waals surface area contributed by atoms with Crippen molar-refractivity contribution in [1.82, 2.24) is 20.4 Å². The van der Waals surface area contributed by atoms with Crippen LogP contribution in [0.5, 0.6) is 0 Å². The van der Waals surface area contributed by atoms with Crippen LogP contribution in [0.4, 0.5) is 11.6 Å². The predicted octanol–water partition coefficient (Wildman–Crippen LogP) is 5.95. The average Bonchev–Trinajstić information content (AvgIpc) is 3.88. The van der Waals surface area contributed by atoms with Crippen LogP contribution in [0.1, 0.15) is 89.9 Å². The van der Waals surface area contributed by atoms with Crippen LogP contribution in [0.2, 0.25) is 0 Å². The summed E-state index contributed by atoms with van der Waals surface area (Å²) in [7, 11) is 0. The van der Waals surface area contributed by atoms with Crippen LogP contribution in [0, 0.1) is 5.41 Å². The van der Waals surface area contributed by atoms with E-state index in [2.05, 4.69) is 43.2 Å². The quantitative estimate of drug-likeness (QED) is 0.201. The number of amides is 2. The minimum absolute atomic E-state index is 0.0945. The largest absolute Gasteiger partial charge is 0.309 e. The van der Waals surface area contributed by atoms with Gasteiger partial charge in [0.25, 0.3) is 0 Å². The van der Waals surface area contributed by atoms with Gasteiger partial charge in [-0.1, -0.05) is 48.9 Å². The summed E-state index contributed by atoms with van der Waals surface area (Å²) in [4.78, 5) is 25.1. The van der Waals surface area contributed by atoms with Crippen LogP contribution in [0.25, 0.3) is 0 Å². The van der Waals surface area contributed by atoms with Gasteiger partial charge >= 0.3 is 0 Å². The molecule has 0 radical (unpaired) electrons. The van der Waals surface area contributed by atoms with E-state index in [9.17, 15) is 9.59 Å². The summed E-state index contributed by atoms with van der Waals surface area (Å²) in [6.45, 7) is 0. The highest BCUT2D eigenvalue weighted by Gasteiger charge is 2.27. The molecule has 9 heteroatoms. The molecule has 2 fully saturated rings. The molecular weight excluding hydrogens is 538 g/mol. The first-order chi connectivity index (χ1) is 21.0. The Morgan fingerprint density at radius 1 is 0.698 bits per heavy atom. The summed E-state index contributed by atoms with van der Waals surface area (Å²) in [5.41, 5.74) is 5.77. The molecule has 6 rings (SSSR count). The maximum Gasteiger partial charge on any atom is 0.229 e. The normalized spacial score (nSPS) is 18.0. The SMILES string of the molecule is N=Cc1cccc(CC(=O)Nc2ccc([C@H]3CCC[C@H](c4ccc(NC(=O)Cc5cccc(C6CC6)c5)nn4)C3)nn2)c1. The smallest absolute Gasteiger partial charge is 0.229 e. The third-order valence-corrected chi connectivity index (χ3v) is 8.26. The fourth-order valence-electron chi connectivity index (χ4n) is 5.89. The van der Waals surface area contributed by atoms with Gasteiger partial charge in [-0.25, -0.2) is 0 Å². The molecule has 218 valence electrons. The van der Waals surface area contributed by atoms with Crippen molar-refractivity contribution in [2.75, 3.05) is 10.6 Å². The van der Waals surface area contributed by atoms with Crippen molar-refractivity contribution in [2.24, 2.45) is 0 Å². The lowest BCUT2D eigenvalue weighted by atomic mass is 9.78. The number of aromatic nitrogens is 4. The van der Waals surface area contributed by atoms with Crippen molar-refractivity contribution >= 4 is 29.7 Å². The molecule has 9 nitrogen and oxygen atoms in total. The Morgan fingerprint density at radius 2 is 1.28 bits per heavy atom. The molecule has 2 aliphatic rings. The molecule has 43 heavy (non-hydrogen) atoms. The average molecular weight is 574 g/mol. The number of rotatable bonds is 10. The number of nitrogens with one attached hydrogen (secondary N) is 3. The molecule has 2 aromatic heterocycles. The molecule has 0 aliphatic heterocycles. The first-order valence-corrected chi connectivity index (χ1v) is 15.0. The molecule has 2 aromatic carbocycles. The van der Waals surface area contributed by atoms with Gasteiger partial charge in [0.1, 0.15) is 0 Å². The number of carbonyl (C=O) groups is 2. The van der Waals surface area contributed by atoms with E-state index in [4.69, 9.17) is 5.41 Å². The monoisotopic (exact) mass is 573 g/mol. The van der Waals surface area contributed by atoms with Gasteiger partial charge < -0.3 is 16.0 Å². The van der Waals surface area contributed by atoms with Crippen molar-refractivity contribution in [2.45, 2.75) is 69.1 Å². The fourth-order valence-corrected chi connectivity index (χ4v) is 5.89. The minimum atomic E-state index is -0.178. The van der Waals surface area contributed by atoms with Gasteiger partial charge in [-0.3, -0.25) is 9.59 Å². The Bertz CT molecular complexity index is 1600. The van der Waals surface area contributed by atoms with Crippen LogP contribution in [0.3, 0.4) is 0 Å². The highest BCUT2D eigenvalue weighted by Crippen LogP contribution is 2.41. The molecule has 3 N–H and O–H groups in total. The zero-order valence-electron chi connectivity index (χ0n) is 24.0. The Labute approximate surface area is 251 Å². The molecule has 0 bridgehead atoms. The van der Waals surface area contributed by atoms with Crippen LogP contribution in [-0.2, 0) is 22.4 Å². The Morgan fingerprint density at radius 3 is 1.81 bits per heavy atom. The number of nitrogens with zero attached hydrogens (tertiary/aromatic N) is 4. The summed E-state index contributed by atoms with van der Waals surface area (Å²) in [6.07, 6.45) is 8.24. The lowest BCUT2D eigenvalue weighted by Gasteiger charge is -2.28. The van der Waals surface area contributed by atoms with Gasteiger partial charge in [0, 0.05) is 18.1 Å². The molecule has 0 saturated heterocycles. The van der Waals surface area contributed by atoms with Crippen molar-refractivity contribution in [3.8, 4) is 0 Å². The highest BCUT2D eigenvalue weighted by molar-refractivity contribution is 5.92. The molecular formula is C34H35N7O2. The van der Waals surface area contributed by atoms with Gasteiger partial charge in [0.05, 0.1) is 24.2 Å². The first kappa shape index (κ1) is 28.3. The fraction of sp³-hybridized carbons (Fsp3) is 0.324. The maximum absolute atomic E-state index is 12.6. The highest BCUT2D eigenvalue weighted by atomic mass is 16.2. The lowest BCUT2D eigenvalue weighted by molar-refractivity contribution is -0.116. The number of hydrogen-bond acceptors (Lipinski definition) is 7. The zero-order chi connectivity index (χ0) is 29.6. The second kappa shape index (κ2) is 13.0. The van der Waals surface area contributed by atoms with E-state index >= 15 is 0 Å². The standard InChI is InChI=1S/C34H35N7O2/c35-21-24-6-1-4-22(16-24)18-33(42)36-31-14-12-29(38-40-31)27-8-3-9-28(20-27)30-13-15-32(41-39-30)37-34(43)19-23-5-2-7-26(17-23)25-10-11-25/h1-2,4-7,12-17,21,25,27-28,35H,3,8-11,18-20H2,(H,36,40,42)(H,37,41,43)/t27-,28-/m0/s1. The van der Waals surface area contributed by atoms with Gasteiger partial charge in [-0.15, -0.1) is 10.2 Å². The van der Waals surface area contributed by atoms with E-state index in [1.165, 1.54) is 24.6 Å². The number of hydrogen-bond donors (Lipinski definition) is 3. The summed E-state index contributed by atoms with van der Waals surface area (Å²) in [5, 5.41) is 30.6. The molecule has 0 spiro atoms. The number of anilines is 2. The predicted molar refractivity (Wildman–Crippen MR) is 165 cm³/mol. The van der Waals surface area contributed by atoms with Crippen molar-refractivity contribution in [3.05, 3.63) is 106 Å². The van der Waals surface area contributed by atoms with E-state index in [0.29, 0.717) is 24.0 Å². The van der Waals surface area contributed by atoms with Crippen LogP contribution < -0.4 is 10.6 Å². The molecule has 2 heterocycles.